The van der Waals surface area contributed by atoms with E-state index in [0.29, 0.717) is 24.4 Å². The van der Waals surface area contributed by atoms with Crippen LogP contribution in [-0.4, -0.2) is 27.5 Å². The van der Waals surface area contributed by atoms with E-state index in [4.69, 9.17) is 0 Å². The summed E-state index contributed by atoms with van der Waals surface area (Å²) in [6, 6.07) is 9.27. The predicted octanol–water partition coefficient (Wildman–Crippen LogP) is 3.43. The van der Waals surface area contributed by atoms with E-state index in [-0.39, 0.29) is 5.91 Å². The van der Waals surface area contributed by atoms with Crippen LogP contribution in [0.25, 0.3) is 0 Å². The third-order valence-electron chi connectivity index (χ3n) is 5.17. The quantitative estimate of drug-likeness (QED) is 0.862. The van der Waals surface area contributed by atoms with Crippen LogP contribution in [0.4, 0.5) is 5.69 Å². The van der Waals surface area contributed by atoms with Gasteiger partial charge in [0.2, 0.25) is 5.91 Å². The number of amides is 1. The Hall–Kier alpha value is -1.79. The Labute approximate surface area is 152 Å². The van der Waals surface area contributed by atoms with Crippen LogP contribution in [0, 0.1) is 5.92 Å². The van der Waals surface area contributed by atoms with Crippen LogP contribution >= 0.6 is 11.8 Å². The molecule has 5 nitrogen and oxygen atoms in total. The molecule has 2 fully saturated rings. The van der Waals surface area contributed by atoms with Gasteiger partial charge in [-0.15, -0.1) is 0 Å². The van der Waals surface area contributed by atoms with Gasteiger partial charge >= 0.3 is 0 Å². The van der Waals surface area contributed by atoms with Crippen LogP contribution in [0.15, 0.2) is 46.7 Å². The highest BCUT2D eigenvalue weighted by Gasteiger charge is 2.34. The summed E-state index contributed by atoms with van der Waals surface area (Å²) in [5.74, 6) is 0.660. The first-order valence-corrected chi connectivity index (χ1v) is 9.78. The zero-order valence-corrected chi connectivity index (χ0v) is 15.3. The van der Waals surface area contributed by atoms with Crippen molar-refractivity contribution in [3.8, 4) is 0 Å². The molecule has 0 aliphatic carbocycles. The van der Waals surface area contributed by atoms with Crippen LogP contribution in [0.2, 0.25) is 0 Å². The third kappa shape index (κ3) is 4.07. The summed E-state index contributed by atoms with van der Waals surface area (Å²) in [5.41, 5.74) is 0.867. The summed E-state index contributed by atoms with van der Waals surface area (Å²) < 4.78 is 1.99. The maximum Gasteiger partial charge on any atom is 0.224 e. The first-order chi connectivity index (χ1) is 12.2. The minimum atomic E-state index is 0.135. The molecule has 6 heteroatoms. The van der Waals surface area contributed by atoms with Gasteiger partial charge in [-0.2, -0.15) is 0 Å². The summed E-state index contributed by atoms with van der Waals surface area (Å²) >= 11 is 1.62. The van der Waals surface area contributed by atoms with Crippen molar-refractivity contribution in [1.82, 2.24) is 14.9 Å². The Bertz CT molecular complexity index is 730. The van der Waals surface area contributed by atoms with Gasteiger partial charge in [0.25, 0.3) is 0 Å². The van der Waals surface area contributed by atoms with Crippen molar-refractivity contribution in [2.45, 2.75) is 54.2 Å². The Morgan fingerprint density at radius 1 is 1.28 bits per heavy atom. The lowest BCUT2D eigenvalue weighted by atomic mass is 9.89. The van der Waals surface area contributed by atoms with Gasteiger partial charge in [0, 0.05) is 48.5 Å². The fourth-order valence-corrected chi connectivity index (χ4v) is 4.78. The van der Waals surface area contributed by atoms with Crippen molar-refractivity contribution in [2.24, 2.45) is 13.0 Å². The van der Waals surface area contributed by atoms with Crippen LogP contribution in [0.3, 0.4) is 0 Å². The average molecular weight is 356 g/mol. The molecule has 2 aliphatic rings. The molecule has 2 unspecified atom stereocenters. The Balaban J connectivity index is 1.30. The molecule has 25 heavy (non-hydrogen) atoms. The summed E-state index contributed by atoms with van der Waals surface area (Å²) in [6.07, 6.45) is 9.20. The van der Waals surface area contributed by atoms with Gasteiger partial charge in [0.05, 0.1) is 0 Å². The Kier molecular flexibility index (Phi) is 4.81. The molecule has 0 radical (unpaired) electrons. The predicted molar refractivity (Wildman–Crippen MR) is 99.7 cm³/mol. The van der Waals surface area contributed by atoms with E-state index in [1.807, 2.05) is 42.1 Å². The first-order valence-electron chi connectivity index (χ1n) is 8.97. The first kappa shape index (κ1) is 16.7. The van der Waals surface area contributed by atoms with Crippen LogP contribution in [0.1, 0.15) is 32.1 Å². The molecule has 2 aliphatic heterocycles. The van der Waals surface area contributed by atoms with Crippen molar-refractivity contribution < 1.29 is 4.79 Å². The van der Waals surface area contributed by atoms with Crippen molar-refractivity contribution in [2.75, 3.05) is 5.32 Å². The molecule has 2 N–H and O–H groups in total. The molecule has 0 saturated carbocycles. The van der Waals surface area contributed by atoms with E-state index in [1.165, 1.54) is 12.8 Å². The number of anilines is 1. The summed E-state index contributed by atoms with van der Waals surface area (Å²) in [4.78, 5) is 17.8. The lowest BCUT2D eigenvalue weighted by Crippen LogP contribution is -2.39. The molecule has 3 heterocycles. The summed E-state index contributed by atoms with van der Waals surface area (Å²) in [5, 5.41) is 7.63. The molecule has 2 atom stereocenters. The minimum Gasteiger partial charge on any atom is -0.329 e. The van der Waals surface area contributed by atoms with Crippen molar-refractivity contribution >= 4 is 23.4 Å². The van der Waals surface area contributed by atoms with Gasteiger partial charge in [0.1, 0.15) is 0 Å². The number of imidazole rings is 1. The molecular formula is C19H24N4OS. The normalized spacial score (nSPS) is 25.1. The number of hydrogen-bond donors (Lipinski definition) is 2. The van der Waals surface area contributed by atoms with Gasteiger partial charge in [-0.3, -0.25) is 4.79 Å². The lowest BCUT2D eigenvalue weighted by Gasteiger charge is -2.28. The van der Waals surface area contributed by atoms with Gasteiger partial charge in [0.15, 0.2) is 5.16 Å². The van der Waals surface area contributed by atoms with Crippen molar-refractivity contribution in [3.63, 3.8) is 0 Å². The van der Waals surface area contributed by atoms with Crippen LogP contribution in [-0.2, 0) is 11.8 Å². The number of rotatable bonds is 5. The maximum atomic E-state index is 12.4. The second-order valence-corrected chi connectivity index (χ2v) is 8.22. The smallest absolute Gasteiger partial charge is 0.224 e. The van der Waals surface area contributed by atoms with E-state index in [1.54, 1.807) is 18.0 Å². The molecule has 1 aromatic carbocycles. The van der Waals surface area contributed by atoms with Gasteiger partial charge in [-0.25, -0.2) is 4.98 Å². The fraction of sp³-hybridized carbons (Fsp3) is 0.474. The van der Waals surface area contributed by atoms with E-state index in [9.17, 15) is 4.79 Å². The standard InChI is InChI=1S/C19H24N4OS/c1-23-9-8-20-19(23)25-17-6-4-14(5-7-17)22-18(24)12-13-10-15-2-3-16(11-13)21-15/h4-9,13,15-16,21H,2-3,10-12H2,1H3,(H,22,24). The molecule has 4 rings (SSSR count). The topological polar surface area (TPSA) is 59.0 Å². The van der Waals surface area contributed by atoms with Crippen LogP contribution in [0.5, 0.6) is 0 Å². The van der Waals surface area contributed by atoms with Gasteiger partial charge in [-0.05, 0) is 55.9 Å². The maximum absolute atomic E-state index is 12.4. The molecule has 2 aromatic rings. The number of piperidine rings is 1. The molecule has 2 bridgehead atoms. The monoisotopic (exact) mass is 356 g/mol. The van der Waals surface area contributed by atoms with E-state index >= 15 is 0 Å². The Morgan fingerprint density at radius 2 is 2.00 bits per heavy atom. The number of hydrogen-bond acceptors (Lipinski definition) is 4. The summed E-state index contributed by atoms with van der Waals surface area (Å²) in [7, 11) is 1.98. The highest BCUT2D eigenvalue weighted by atomic mass is 32.2. The van der Waals surface area contributed by atoms with Gasteiger partial charge < -0.3 is 15.2 Å². The number of fused-ring (bicyclic) bond motifs is 2. The number of benzene rings is 1. The van der Waals surface area contributed by atoms with E-state index in [0.717, 1.165) is 28.6 Å². The fourth-order valence-electron chi connectivity index (χ4n) is 3.98. The molecular weight excluding hydrogens is 332 g/mol. The zero-order chi connectivity index (χ0) is 17.2. The molecule has 2 saturated heterocycles. The minimum absolute atomic E-state index is 0.135. The number of aryl methyl sites for hydroxylation is 1. The largest absolute Gasteiger partial charge is 0.329 e. The number of nitrogens with zero attached hydrogens (tertiary/aromatic N) is 2. The van der Waals surface area contributed by atoms with Crippen LogP contribution < -0.4 is 10.6 Å². The molecule has 0 spiro atoms. The number of carbonyl (C=O) groups excluding carboxylic acids is 1. The number of carbonyl (C=O) groups is 1. The second kappa shape index (κ2) is 7.22. The van der Waals surface area contributed by atoms with E-state index in [2.05, 4.69) is 15.6 Å². The average Bonchev–Trinajstić information content (AvgIpc) is 3.14. The second-order valence-electron chi connectivity index (χ2n) is 7.17. The van der Waals surface area contributed by atoms with E-state index < -0.39 is 0 Å². The number of nitrogens with one attached hydrogen (secondary N) is 2. The van der Waals surface area contributed by atoms with Crippen molar-refractivity contribution in [3.05, 3.63) is 36.7 Å². The zero-order valence-electron chi connectivity index (χ0n) is 14.4. The van der Waals surface area contributed by atoms with Gasteiger partial charge in [-0.1, -0.05) is 11.8 Å². The van der Waals surface area contributed by atoms with Crippen molar-refractivity contribution in [1.29, 1.82) is 0 Å². The number of aromatic nitrogens is 2. The lowest BCUT2D eigenvalue weighted by molar-refractivity contribution is -0.117. The Morgan fingerprint density at radius 3 is 2.64 bits per heavy atom. The SMILES string of the molecule is Cn1ccnc1Sc1ccc(NC(=O)CC2CC3CCC(C2)N3)cc1. The molecule has 1 aromatic heterocycles. The summed E-state index contributed by atoms with van der Waals surface area (Å²) in [6.45, 7) is 0. The molecule has 1 amide bonds. The highest BCUT2D eigenvalue weighted by molar-refractivity contribution is 7.99. The third-order valence-corrected chi connectivity index (χ3v) is 6.25. The molecule has 132 valence electrons. The highest BCUT2D eigenvalue weighted by Crippen LogP contribution is 2.33.